The van der Waals surface area contributed by atoms with Crippen molar-refractivity contribution in [3.05, 3.63) is 12.2 Å². The summed E-state index contributed by atoms with van der Waals surface area (Å²) in [6.45, 7) is 5.78. The quantitative estimate of drug-likeness (QED) is 0.200. The van der Waals surface area contributed by atoms with Crippen molar-refractivity contribution in [2.45, 2.75) is 110 Å². The van der Waals surface area contributed by atoms with E-state index >= 15 is 0 Å². The van der Waals surface area contributed by atoms with Crippen LogP contribution in [0.1, 0.15) is 104 Å². The molecule has 0 bridgehead atoms. The van der Waals surface area contributed by atoms with Crippen LogP contribution in [0.3, 0.4) is 0 Å². The smallest absolute Gasteiger partial charge is 0.307 e. The molecule has 182 valence electrons. The second kappa shape index (κ2) is 17.2. The number of aliphatic carboxylic acids is 2. The highest BCUT2D eigenvalue weighted by molar-refractivity contribution is 5.71. The van der Waals surface area contributed by atoms with Gasteiger partial charge in [0.1, 0.15) is 0 Å². The molecule has 0 amide bonds. The molecule has 6 nitrogen and oxygen atoms in total. The zero-order valence-corrected chi connectivity index (χ0v) is 20.0. The van der Waals surface area contributed by atoms with Crippen LogP contribution in [0.2, 0.25) is 0 Å². The molecule has 1 rings (SSSR count). The maximum Gasteiger partial charge on any atom is 0.307 e. The highest BCUT2D eigenvalue weighted by atomic mass is 16.4. The summed E-state index contributed by atoms with van der Waals surface area (Å²) in [6.07, 6.45) is 17.4. The van der Waals surface area contributed by atoms with E-state index in [0.29, 0.717) is 5.92 Å². The summed E-state index contributed by atoms with van der Waals surface area (Å²) in [6, 6.07) is 0. The molecule has 0 aliphatic heterocycles. The van der Waals surface area contributed by atoms with Crippen LogP contribution in [0.4, 0.5) is 0 Å². The first-order valence-electron chi connectivity index (χ1n) is 12.1. The fourth-order valence-corrected chi connectivity index (χ4v) is 3.83. The summed E-state index contributed by atoms with van der Waals surface area (Å²) in [4.78, 5) is 22.1. The Morgan fingerprint density at radius 3 is 2.03 bits per heavy atom. The lowest BCUT2D eigenvalue weighted by molar-refractivity contribution is -0.144. The SMILES string of the molecule is CC(C)(N)CO.CCCCCCC1C=CC(CCCCCCCC(=O)O)CC1C(=O)O. The van der Waals surface area contributed by atoms with Crippen molar-refractivity contribution in [3.63, 3.8) is 0 Å². The molecule has 3 unspecified atom stereocenters. The number of hydrogen-bond acceptors (Lipinski definition) is 4. The summed E-state index contributed by atoms with van der Waals surface area (Å²) in [7, 11) is 0. The van der Waals surface area contributed by atoms with Crippen molar-refractivity contribution in [1.29, 1.82) is 0 Å². The van der Waals surface area contributed by atoms with Crippen molar-refractivity contribution in [2.75, 3.05) is 6.61 Å². The molecule has 3 atom stereocenters. The molecular formula is C25H47NO5. The van der Waals surface area contributed by atoms with Gasteiger partial charge in [0.2, 0.25) is 0 Å². The fraction of sp³-hybridized carbons (Fsp3) is 0.840. The molecule has 31 heavy (non-hydrogen) atoms. The largest absolute Gasteiger partial charge is 0.481 e. The zero-order valence-electron chi connectivity index (χ0n) is 20.0. The third-order valence-electron chi connectivity index (χ3n) is 5.79. The van der Waals surface area contributed by atoms with Crippen LogP contribution in [0.25, 0.3) is 0 Å². The highest BCUT2D eigenvalue weighted by Gasteiger charge is 2.31. The van der Waals surface area contributed by atoms with Crippen LogP contribution in [-0.2, 0) is 9.59 Å². The zero-order chi connectivity index (χ0) is 23.7. The molecule has 1 aliphatic carbocycles. The number of hydrogen-bond donors (Lipinski definition) is 4. The van der Waals surface area contributed by atoms with Crippen molar-refractivity contribution in [3.8, 4) is 0 Å². The Kier molecular flexibility index (Phi) is 16.4. The van der Waals surface area contributed by atoms with Gasteiger partial charge < -0.3 is 21.1 Å². The van der Waals surface area contributed by atoms with E-state index in [2.05, 4.69) is 19.1 Å². The fourth-order valence-electron chi connectivity index (χ4n) is 3.83. The Bertz CT molecular complexity index is 513. The first-order valence-corrected chi connectivity index (χ1v) is 12.1. The van der Waals surface area contributed by atoms with Gasteiger partial charge in [-0.25, -0.2) is 0 Å². The van der Waals surface area contributed by atoms with Gasteiger partial charge in [-0.1, -0.05) is 70.4 Å². The third kappa shape index (κ3) is 16.9. The Labute approximate surface area is 189 Å². The van der Waals surface area contributed by atoms with Gasteiger partial charge in [-0.05, 0) is 51.4 Å². The van der Waals surface area contributed by atoms with E-state index in [1.807, 2.05) is 0 Å². The number of carboxylic acid groups (broad SMARTS) is 2. The number of allylic oxidation sites excluding steroid dienone is 2. The van der Waals surface area contributed by atoms with Gasteiger partial charge in [0.15, 0.2) is 0 Å². The number of rotatable bonds is 15. The summed E-state index contributed by atoms with van der Waals surface area (Å²) >= 11 is 0. The summed E-state index contributed by atoms with van der Waals surface area (Å²) in [5, 5.41) is 26.4. The second-order valence-electron chi connectivity index (χ2n) is 9.69. The summed E-state index contributed by atoms with van der Waals surface area (Å²) < 4.78 is 0. The van der Waals surface area contributed by atoms with Crippen LogP contribution < -0.4 is 5.73 Å². The Hall–Kier alpha value is -1.40. The van der Waals surface area contributed by atoms with E-state index in [1.54, 1.807) is 13.8 Å². The monoisotopic (exact) mass is 441 g/mol. The predicted octanol–water partition coefficient (Wildman–Crippen LogP) is 5.38. The van der Waals surface area contributed by atoms with E-state index in [4.69, 9.17) is 15.9 Å². The molecule has 0 radical (unpaired) electrons. The number of aliphatic hydroxyl groups is 1. The molecule has 1 aliphatic rings. The first kappa shape index (κ1) is 29.6. The van der Waals surface area contributed by atoms with E-state index in [1.165, 1.54) is 19.3 Å². The van der Waals surface area contributed by atoms with Gasteiger partial charge in [-0.15, -0.1) is 0 Å². The molecule has 0 saturated carbocycles. The molecular weight excluding hydrogens is 394 g/mol. The van der Waals surface area contributed by atoms with Crippen LogP contribution >= 0.6 is 0 Å². The summed E-state index contributed by atoms with van der Waals surface area (Å²) in [5.74, 6) is -0.958. The van der Waals surface area contributed by atoms with Gasteiger partial charge in [0, 0.05) is 12.0 Å². The van der Waals surface area contributed by atoms with Crippen LogP contribution in [-0.4, -0.2) is 39.4 Å². The molecule has 6 heteroatoms. The highest BCUT2D eigenvalue weighted by Crippen LogP contribution is 2.34. The number of unbranched alkanes of at least 4 members (excludes halogenated alkanes) is 7. The van der Waals surface area contributed by atoms with Crippen molar-refractivity contribution in [2.24, 2.45) is 23.5 Å². The topological polar surface area (TPSA) is 121 Å². The Morgan fingerprint density at radius 1 is 0.935 bits per heavy atom. The average Bonchev–Trinajstić information content (AvgIpc) is 2.70. The second-order valence-corrected chi connectivity index (χ2v) is 9.69. The van der Waals surface area contributed by atoms with Gasteiger partial charge >= 0.3 is 11.9 Å². The third-order valence-corrected chi connectivity index (χ3v) is 5.79. The van der Waals surface area contributed by atoms with E-state index < -0.39 is 17.5 Å². The van der Waals surface area contributed by atoms with Crippen LogP contribution in [0.5, 0.6) is 0 Å². The number of aliphatic hydroxyl groups excluding tert-OH is 1. The minimum atomic E-state index is -0.712. The normalized spacial score (nSPS) is 20.7. The van der Waals surface area contributed by atoms with E-state index in [0.717, 1.165) is 57.8 Å². The first-order chi connectivity index (χ1) is 14.6. The number of carboxylic acids is 2. The molecule has 0 heterocycles. The molecule has 0 aromatic carbocycles. The number of carbonyl (C=O) groups is 2. The lowest BCUT2D eigenvalue weighted by Crippen LogP contribution is -2.35. The van der Waals surface area contributed by atoms with E-state index in [9.17, 15) is 14.7 Å². The molecule has 0 aromatic rings. The number of nitrogens with two attached hydrogens (primary N) is 1. The molecule has 0 fully saturated rings. The Morgan fingerprint density at radius 2 is 1.48 bits per heavy atom. The standard InChI is InChI=1S/C21H36O4.C4H11NO/c1-2-3-4-9-12-18-15-14-17(16-19(18)21(24)25)11-8-6-5-7-10-13-20(22)23;1-4(2,5)3-6/h14-15,17-19H,2-13,16H2,1H3,(H,22,23)(H,24,25);6H,3,5H2,1-2H3. The molecule has 5 N–H and O–H groups in total. The van der Waals surface area contributed by atoms with Gasteiger partial charge in [-0.2, -0.15) is 0 Å². The minimum absolute atomic E-state index is 0.0486. The van der Waals surface area contributed by atoms with Crippen LogP contribution in [0.15, 0.2) is 12.2 Å². The van der Waals surface area contributed by atoms with E-state index in [-0.39, 0.29) is 24.9 Å². The van der Waals surface area contributed by atoms with Crippen LogP contribution in [0, 0.1) is 17.8 Å². The summed E-state index contributed by atoms with van der Waals surface area (Å²) in [5.41, 5.74) is 4.88. The lowest BCUT2D eigenvalue weighted by atomic mass is 9.75. The van der Waals surface area contributed by atoms with Gasteiger partial charge in [0.05, 0.1) is 12.5 Å². The maximum absolute atomic E-state index is 11.6. The van der Waals surface area contributed by atoms with Gasteiger partial charge in [-0.3, -0.25) is 9.59 Å². The van der Waals surface area contributed by atoms with Crippen molar-refractivity contribution in [1.82, 2.24) is 0 Å². The maximum atomic E-state index is 11.6. The predicted molar refractivity (Wildman–Crippen MR) is 126 cm³/mol. The molecule has 0 aromatic heterocycles. The van der Waals surface area contributed by atoms with Gasteiger partial charge in [0.25, 0.3) is 0 Å². The van der Waals surface area contributed by atoms with Crippen molar-refractivity contribution < 1.29 is 24.9 Å². The van der Waals surface area contributed by atoms with Crippen molar-refractivity contribution >= 4 is 11.9 Å². The lowest BCUT2D eigenvalue weighted by Gasteiger charge is -2.29. The molecule has 0 spiro atoms. The minimum Gasteiger partial charge on any atom is -0.481 e. The average molecular weight is 442 g/mol. The molecule has 0 saturated heterocycles. The Balaban J connectivity index is 0.00000131.